The summed E-state index contributed by atoms with van der Waals surface area (Å²) in [6, 6.07) is 8.63. The van der Waals surface area contributed by atoms with Crippen molar-refractivity contribution < 1.29 is 4.79 Å². The van der Waals surface area contributed by atoms with Crippen LogP contribution in [-0.4, -0.2) is 99.9 Å². The Morgan fingerprint density at radius 3 is 2.53 bits per heavy atom. The summed E-state index contributed by atoms with van der Waals surface area (Å²) in [7, 11) is 4.26. The molecule has 1 amide bonds. The summed E-state index contributed by atoms with van der Waals surface area (Å²) >= 11 is 0. The van der Waals surface area contributed by atoms with Crippen LogP contribution in [0.3, 0.4) is 0 Å². The van der Waals surface area contributed by atoms with E-state index in [0.29, 0.717) is 11.6 Å². The topological polar surface area (TPSA) is 93.3 Å². The van der Waals surface area contributed by atoms with Crippen LogP contribution in [0, 0.1) is 0 Å². The second kappa shape index (κ2) is 9.48. The van der Waals surface area contributed by atoms with Crippen LogP contribution in [-0.2, 0) is 0 Å². The molecule has 186 valence electrons. The van der Waals surface area contributed by atoms with Gasteiger partial charge in [-0.15, -0.1) is 0 Å². The first-order valence-corrected chi connectivity index (χ1v) is 12.7. The molecule has 36 heavy (non-hydrogen) atoms. The lowest BCUT2D eigenvalue weighted by Gasteiger charge is -2.32. The third kappa shape index (κ3) is 4.40. The van der Waals surface area contributed by atoms with Crippen LogP contribution in [0.1, 0.15) is 23.2 Å². The summed E-state index contributed by atoms with van der Waals surface area (Å²) in [4.78, 5) is 36.6. The quantitative estimate of drug-likeness (QED) is 0.460. The highest BCUT2D eigenvalue weighted by Gasteiger charge is 2.22. The van der Waals surface area contributed by atoms with Crippen molar-refractivity contribution in [2.24, 2.45) is 0 Å². The molecule has 3 aromatic heterocycles. The summed E-state index contributed by atoms with van der Waals surface area (Å²) < 4.78 is 0. The van der Waals surface area contributed by atoms with Gasteiger partial charge in [0.2, 0.25) is 0 Å². The van der Waals surface area contributed by atoms with E-state index in [2.05, 4.69) is 61.3 Å². The normalized spacial score (nSPS) is 18.2. The van der Waals surface area contributed by atoms with Crippen molar-refractivity contribution in [3.8, 4) is 11.1 Å². The Bertz CT molecular complexity index is 1400. The van der Waals surface area contributed by atoms with Crippen molar-refractivity contribution in [1.82, 2.24) is 34.6 Å². The molecule has 9 heteroatoms. The van der Waals surface area contributed by atoms with Gasteiger partial charge in [-0.2, -0.15) is 0 Å². The second-order valence-corrected chi connectivity index (χ2v) is 10.1. The number of carbonyl (C=O) groups excluding carboxylic acids is 1. The molecule has 2 N–H and O–H groups in total. The van der Waals surface area contributed by atoms with Gasteiger partial charge >= 0.3 is 0 Å². The van der Waals surface area contributed by atoms with E-state index in [1.165, 1.54) is 0 Å². The van der Waals surface area contributed by atoms with Crippen molar-refractivity contribution in [2.45, 2.75) is 18.9 Å². The van der Waals surface area contributed by atoms with Gasteiger partial charge in [0.15, 0.2) is 0 Å². The summed E-state index contributed by atoms with van der Waals surface area (Å²) in [6.45, 7) is 5.44. The lowest BCUT2D eigenvalue weighted by molar-refractivity contribution is 0.0664. The summed E-state index contributed by atoms with van der Waals surface area (Å²) in [5.41, 5.74) is 4.37. The molecule has 0 unspecified atom stereocenters. The molecule has 0 aliphatic carbocycles. The zero-order valence-electron chi connectivity index (χ0n) is 20.9. The van der Waals surface area contributed by atoms with Crippen molar-refractivity contribution in [3.05, 3.63) is 48.5 Å². The van der Waals surface area contributed by atoms with Gasteiger partial charge in [0, 0.05) is 61.0 Å². The van der Waals surface area contributed by atoms with Crippen LogP contribution in [0.15, 0.2) is 43.0 Å². The average molecular weight is 485 g/mol. The van der Waals surface area contributed by atoms with Crippen LogP contribution >= 0.6 is 0 Å². The van der Waals surface area contributed by atoms with E-state index in [9.17, 15) is 4.79 Å². The molecule has 6 rings (SSSR count). The molecule has 2 saturated heterocycles. The van der Waals surface area contributed by atoms with Crippen LogP contribution < -0.4 is 5.32 Å². The number of aromatic nitrogens is 4. The van der Waals surface area contributed by atoms with Gasteiger partial charge in [-0.1, -0.05) is 6.07 Å². The monoisotopic (exact) mass is 484 g/mol. The molecular formula is C27H32N8O. The fourth-order valence-corrected chi connectivity index (χ4v) is 5.24. The molecule has 0 saturated carbocycles. The van der Waals surface area contributed by atoms with Gasteiger partial charge in [0.1, 0.15) is 17.8 Å². The van der Waals surface area contributed by atoms with Gasteiger partial charge in [-0.25, -0.2) is 15.0 Å². The Morgan fingerprint density at radius 1 is 0.944 bits per heavy atom. The molecular weight excluding hydrogens is 452 g/mol. The molecule has 0 spiro atoms. The molecule has 9 nitrogen and oxygen atoms in total. The van der Waals surface area contributed by atoms with Gasteiger partial charge < -0.3 is 25.0 Å². The van der Waals surface area contributed by atoms with Crippen LogP contribution in [0.5, 0.6) is 0 Å². The third-order valence-corrected chi connectivity index (χ3v) is 7.57. The minimum atomic E-state index is 0.0428. The van der Waals surface area contributed by atoms with E-state index >= 15 is 0 Å². The van der Waals surface area contributed by atoms with E-state index in [1.54, 1.807) is 12.5 Å². The average Bonchev–Trinajstić information content (AvgIpc) is 3.33. The number of likely N-dealkylation sites (N-methyl/N-ethyl adjacent to an activating group) is 1. The second-order valence-electron chi connectivity index (χ2n) is 10.1. The Kier molecular flexibility index (Phi) is 6.02. The molecule has 2 aliphatic rings. The highest BCUT2D eigenvalue weighted by atomic mass is 16.2. The van der Waals surface area contributed by atoms with Gasteiger partial charge in [-0.3, -0.25) is 4.79 Å². The first-order chi connectivity index (χ1) is 17.5. The predicted molar refractivity (Wildman–Crippen MR) is 142 cm³/mol. The van der Waals surface area contributed by atoms with Gasteiger partial charge in [-0.05, 0) is 63.8 Å². The summed E-state index contributed by atoms with van der Waals surface area (Å²) in [5.74, 6) is 0.918. The van der Waals surface area contributed by atoms with E-state index in [-0.39, 0.29) is 5.91 Å². The van der Waals surface area contributed by atoms with Crippen LogP contribution in [0.4, 0.5) is 5.82 Å². The number of aromatic amines is 1. The third-order valence-electron chi connectivity index (χ3n) is 7.57. The Morgan fingerprint density at radius 2 is 1.72 bits per heavy atom. The zero-order chi connectivity index (χ0) is 24.6. The van der Waals surface area contributed by atoms with Gasteiger partial charge in [0.25, 0.3) is 5.91 Å². The minimum Gasteiger partial charge on any atom is -0.367 e. The number of H-pyrrole nitrogens is 1. The molecule has 0 radical (unpaired) electrons. The number of piperazine rings is 1. The van der Waals surface area contributed by atoms with E-state index in [1.807, 2.05) is 23.2 Å². The Labute approximate surface area is 210 Å². The largest absolute Gasteiger partial charge is 0.367 e. The van der Waals surface area contributed by atoms with Crippen molar-refractivity contribution in [3.63, 3.8) is 0 Å². The maximum atomic E-state index is 13.2. The minimum absolute atomic E-state index is 0.0428. The first-order valence-electron chi connectivity index (χ1n) is 12.7. The molecule has 4 aromatic rings. The summed E-state index contributed by atoms with van der Waals surface area (Å²) in [6.07, 6.45) is 7.48. The fraction of sp³-hybridized carbons (Fsp3) is 0.407. The molecule has 0 bridgehead atoms. The maximum absolute atomic E-state index is 13.2. The molecule has 1 aromatic carbocycles. The number of hydrogen-bond acceptors (Lipinski definition) is 7. The molecule has 2 aliphatic heterocycles. The number of anilines is 1. The number of nitrogens with one attached hydrogen (secondary N) is 2. The van der Waals surface area contributed by atoms with Crippen molar-refractivity contribution in [2.75, 3.05) is 58.7 Å². The lowest BCUT2D eigenvalue weighted by atomic mass is 10.0. The number of amides is 1. The molecule has 2 fully saturated rings. The van der Waals surface area contributed by atoms with E-state index in [0.717, 1.165) is 91.0 Å². The number of pyridine rings is 1. The first kappa shape index (κ1) is 22.9. The summed E-state index contributed by atoms with van der Waals surface area (Å²) in [5, 5.41) is 5.61. The lowest BCUT2D eigenvalue weighted by Crippen LogP contribution is -2.47. The van der Waals surface area contributed by atoms with E-state index in [4.69, 9.17) is 0 Å². The number of rotatable bonds is 4. The number of fused-ring (bicyclic) bond motifs is 2. The van der Waals surface area contributed by atoms with E-state index < -0.39 is 0 Å². The standard InChI is InChI=1S/C27H32N8O/c1-33-7-5-20(6-8-33)32-26-22-13-18(3-4-24(22)30-17-31-26)23-16-29-25-21(23)14-19(15-28-25)27(36)35-11-9-34(2)10-12-35/h3-4,13-17,20H,5-12H2,1-2H3,(H,28,29)(H,30,31,32). The van der Waals surface area contributed by atoms with Gasteiger partial charge in [0.05, 0.1) is 11.1 Å². The number of nitrogens with zero attached hydrogens (tertiary/aromatic N) is 6. The number of hydrogen-bond donors (Lipinski definition) is 2. The fourth-order valence-electron chi connectivity index (χ4n) is 5.24. The number of carbonyl (C=O) groups is 1. The molecule has 0 atom stereocenters. The van der Waals surface area contributed by atoms with Crippen LogP contribution in [0.25, 0.3) is 33.1 Å². The zero-order valence-corrected chi connectivity index (χ0v) is 20.9. The molecule has 5 heterocycles. The van der Waals surface area contributed by atoms with Crippen molar-refractivity contribution in [1.29, 1.82) is 0 Å². The number of piperidine rings is 1. The maximum Gasteiger partial charge on any atom is 0.255 e. The smallest absolute Gasteiger partial charge is 0.255 e. The Hall–Kier alpha value is -3.56. The van der Waals surface area contributed by atoms with Crippen molar-refractivity contribution >= 4 is 33.7 Å². The Balaban J connectivity index is 1.32. The highest BCUT2D eigenvalue weighted by Crippen LogP contribution is 2.32. The number of benzene rings is 1. The van der Waals surface area contributed by atoms with Crippen LogP contribution in [0.2, 0.25) is 0 Å². The predicted octanol–water partition coefficient (Wildman–Crippen LogP) is 3.07. The highest BCUT2D eigenvalue weighted by molar-refractivity contribution is 6.02. The SMILES string of the molecule is CN1CCC(Nc2ncnc3ccc(-c4c[nH]c5ncc(C(=O)N6CCN(C)CC6)cc45)cc23)CC1. The number of likely N-dealkylation sites (tertiary alicyclic amines) is 1.